The van der Waals surface area contributed by atoms with Crippen molar-refractivity contribution in [3.63, 3.8) is 0 Å². The zero-order valence-electron chi connectivity index (χ0n) is 20.5. The summed E-state index contributed by atoms with van der Waals surface area (Å²) in [5, 5.41) is 0. The standard InChI is InChI=1S/C27H31F3N4O2/c1-32-17-18-34-22(24(35)27(28,29)30)9-10-23(34)26(32)12-15-33(16-13-26)25(36)21-8-7-20(11-14-31-21)19-5-3-2-4-6-19/h7-10,19-20H,2-6,12-13,15-18H2,1H3. The normalized spacial score (nSPS) is 24.5. The maximum absolute atomic E-state index is 13.3. The maximum atomic E-state index is 13.3. The number of halogens is 3. The average molecular weight is 501 g/mol. The van der Waals surface area contributed by atoms with Gasteiger partial charge in [0, 0.05) is 43.8 Å². The van der Waals surface area contributed by atoms with Crippen molar-refractivity contribution in [2.24, 2.45) is 16.8 Å². The third kappa shape index (κ3) is 4.40. The van der Waals surface area contributed by atoms with Crippen molar-refractivity contribution >= 4 is 17.4 Å². The summed E-state index contributed by atoms with van der Waals surface area (Å²) in [6.45, 7) is 1.75. The highest BCUT2D eigenvalue weighted by Gasteiger charge is 2.48. The van der Waals surface area contributed by atoms with E-state index in [0.29, 0.717) is 56.3 Å². The van der Waals surface area contributed by atoms with Crippen molar-refractivity contribution in [3.05, 3.63) is 35.7 Å². The molecule has 0 bridgehead atoms. The predicted octanol–water partition coefficient (Wildman–Crippen LogP) is 4.16. The number of aliphatic imine (C=N–C) groups is 1. The van der Waals surface area contributed by atoms with Crippen LogP contribution in [0.4, 0.5) is 13.2 Å². The van der Waals surface area contributed by atoms with E-state index in [1.54, 1.807) is 17.0 Å². The molecule has 0 radical (unpaired) electrons. The summed E-state index contributed by atoms with van der Waals surface area (Å²) in [6.07, 6.45) is 6.08. The summed E-state index contributed by atoms with van der Waals surface area (Å²) < 4.78 is 40.9. The third-order valence-electron chi connectivity index (χ3n) is 8.46. The number of amides is 1. The van der Waals surface area contributed by atoms with Gasteiger partial charge in [0.2, 0.25) is 0 Å². The lowest BCUT2D eigenvalue weighted by Gasteiger charge is -2.50. The molecular formula is C27H31F3N4O2. The Morgan fingerprint density at radius 3 is 2.47 bits per heavy atom. The monoisotopic (exact) mass is 500 g/mol. The van der Waals surface area contributed by atoms with E-state index in [4.69, 9.17) is 0 Å². The molecular weight excluding hydrogens is 469 g/mol. The van der Waals surface area contributed by atoms with Crippen molar-refractivity contribution in [1.82, 2.24) is 14.4 Å². The first-order chi connectivity index (χ1) is 17.2. The van der Waals surface area contributed by atoms with Gasteiger partial charge in [-0.05, 0) is 56.9 Å². The quantitative estimate of drug-likeness (QED) is 0.463. The predicted molar refractivity (Wildman–Crippen MR) is 129 cm³/mol. The topological polar surface area (TPSA) is 57.9 Å². The third-order valence-corrected chi connectivity index (χ3v) is 8.46. The van der Waals surface area contributed by atoms with Crippen molar-refractivity contribution in [2.45, 2.75) is 63.2 Å². The molecule has 1 spiro atoms. The van der Waals surface area contributed by atoms with Crippen LogP contribution in [0.15, 0.2) is 29.3 Å². The molecule has 3 aliphatic heterocycles. The Kier molecular flexibility index (Phi) is 6.58. The summed E-state index contributed by atoms with van der Waals surface area (Å²) in [4.78, 5) is 33.4. The Labute approximate surface area is 209 Å². The molecule has 1 saturated carbocycles. The van der Waals surface area contributed by atoms with Crippen LogP contribution in [0.3, 0.4) is 0 Å². The van der Waals surface area contributed by atoms with Crippen LogP contribution >= 0.6 is 0 Å². The number of carbonyl (C=O) groups excluding carboxylic acids is 2. The summed E-state index contributed by atoms with van der Waals surface area (Å²) in [5.41, 5.74) is 0.221. The van der Waals surface area contributed by atoms with Crippen molar-refractivity contribution < 1.29 is 22.8 Å². The van der Waals surface area contributed by atoms with Crippen molar-refractivity contribution in [1.29, 1.82) is 0 Å². The fourth-order valence-electron chi connectivity index (χ4n) is 6.33. The molecule has 4 aliphatic rings. The Hall–Kier alpha value is -2.86. The highest BCUT2D eigenvalue weighted by atomic mass is 19.4. The molecule has 9 heteroatoms. The smallest absolute Gasteiger partial charge is 0.339 e. The molecule has 1 saturated heterocycles. The highest BCUT2D eigenvalue weighted by molar-refractivity contribution is 6.43. The van der Waals surface area contributed by atoms with Crippen molar-refractivity contribution in [2.75, 3.05) is 26.7 Å². The molecule has 1 amide bonds. The van der Waals surface area contributed by atoms with Gasteiger partial charge in [0.05, 0.1) is 11.2 Å². The number of likely N-dealkylation sites (N-methyl/N-ethyl adjacent to an activating group) is 1. The first-order valence-electron chi connectivity index (χ1n) is 12.8. The van der Waals surface area contributed by atoms with Gasteiger partial charge in [0.25, 0.3) is 11.7 Å². The molecule has 0 aromatic carbocycles. The van der Waals surface area contributed by atoms with E-state index in [1.165, 1.54) is 29.9 Å². The van der Waals surface area contributed by atoms with Crippen LogP contribution in [-0.2, 0) is 16.9 Å². The SMILES string of the molecule is CN1CCn2c(C(=O)C(F)(F)F)ccc2C12CCN(C(=O)C1=NC#CC(C3CCCCC3)C=C1)CC2. The molecule has 1 unspecified atom stereocenters. The Morgan fingerprint density at radius 2 is 1.78 bits per heavy atom. The fraction of sp³-hybridized carbons (Fsp3) is 0.593. The van der Waals surface area contributed by atoms with Gasteiger partial charge in [0.15, 0.2) is 0 Å². The van der Waals surface area contributed by atoms with Crippen LogP contribution in [0.2, 0.25) is 0 Å². The second kappa shape index (κ2) is 9.55. The van der Waals surface area contributed by atoms with Crippen molar-refractivity contribution in [3.8, 4) is 12.0 Å². The number of carbonyl (C=O) groups is 2. The second-order valence-corrected chi connectivity index (χ2v) is 10.4. The number of piperidine rings is 1. The van der Waals surface area contributed by atoms with Gasteiger partial charge >= 0.3 is 6.18 Å². The van der Waals surface area contributed by atoms with Gasteiger partial charge in [-0.25, -0.2) is 0 Å². The summed E-state index contributed by atoms with van der Waals surface area (Å²) in [6, 6.07) is 5.79. The number of nitrogens with zero attached hydrogens (tertiary/aromatic N) is 4. The van der Waals surface area contributed by atoms with E-state index < -0.39 is 17.5 Å². The zero-order valence-corrected chi connectivity index (χ0v) is 20.5. The Morgan fingerprint density at radius 1 is 1.06 bits per heavy atom. The number of hydrogen-bond donors (Lipinski definition) is 0. The summed E-state index contributed by atoms with van der Waals surface area (Å²) in [7, 11) is 1.96. The number of alkyl halides is 3. The van der Waals surface area contributed by atoms with E-state index in [1.807, 2.05) is 13.1 Å². The van der Waals surface area contributed by atoms with Crippen LogP contribution in [0.1, 0.15) is 61.1 Å². The lowest BCUT2D eigenvalue weighted by molar-refractivity contribution is -0.127. The zero-order chi connectivity index (χ0) is 25.5. The van der Waals surface area contributed by atoms with Crippen LogP contribution in [-0.4, -0.2) is 64.6 Å². The fourth-order valence-corrected chi connectivity index (χ4v) is 6.33. The van der Waals surface area contributed by atoms with E-state index in [2.05, 4.69) is 21.9 Å². The minimum atomic E-state index is -4.91. The molecule has 192 valence electrons. The summed E-state index contributed by atoms with van der Waals surface area (Å²) >= 11 is 0. The van der Waals surface area contributed by atoms with Crippen LogP contribution in [0, 0.1) is 23.8 Å². The first-order valence-corrected chi connectivity index (χ1v) is 12.8. The Bertz CT molecular complexity index is 1160. The number of rotatable bonds is 3. The van der Waals surface area contributed by atoms with Gasteiger partial charge < -0.3 is 9.47 Å². The number of aromatic nitrogens is 1. The van der Waals surface area contributed by atoms with Gasteiger partial charge in [-0.15, -0.1) is 0 Å². The first kappa shape index (κ1) is 24.8. The number of hydrogen-bond acceptors (Lipinski definition) is 4. The molecule has 0 N–H and O–H groups in total. The minimum absolute atomic E-state index is 0.126. The van der Waals surface area contributed by atoms with Crippen LogP contribution in [0.25, 0.3) is 0 Å². The summed E-state index contributed by atoms with van der Waals surface area (Å²) in [5.74, 6) is 1.88. The van der Waals surface area contributed by atoms with E-state index in [9.17, 15) is 22.8 Å². The van der Waals surface area contributed by atoms with Gasteiger partial charge in [0.1, 0.15) is 5.71 Å². The van der Waals surface area contributed by atoms with Crippen LogP contribution < -0.4 is 0 Å². The van der Waals surface area contributed by atoms with Gasteiger partial charge in [-0.1, -0.05) is 31.3 Å². The average Bonchev–Trinajstić information content (AvgIpc) is 3.16. The largest absolute Gasteiger partial charge is 0.456 e. The molecule has 1 aromatic heterocycles. The lowest BCUT2D eigenvalue weighted by Crippen LogP contribution is -2.57. The van der Waals surface area contributed by atoms with E-state index in [0.717, 1.165) is 12.8 Å². The molecule has 1 atom stereocenters. The molecule has 2 fully saturated rings. The second-order valence-electron chi connectivity index (χ2n) is 10.4. The molecule has 1 aliphatic carbocycles. The molecule has 4 heterocycles. The van der Waals surface area contributed by atoms with Crippen LogP contribution in [0.5, 0.6) is 0 Å². The molecule has 1 aromatic rings. The van der Waals surface area contributed by atoms with E-state index in [-0.39, 0.29) is 17.5 Å². The molecule has 36 heavy (non-hydrogen) atoms. The van der Waals surface area contributed by atoms with Gasteiger partial charge in [-0.2, -0.15) is 18.2 Å². The minimum Gasteiger partial charge on any atom is -0.339 e. The van der Waals surface area contributed by atoms with Gasteiger partial charge in [-0.3, -0.25) is 14.5 Å². The molecule has 6 nitrogen and oxygen atoms in total. The number of ketones is 1. The number of fused-ring (bicyclic) bond motifs is 2. The van der Waals surface area contributed by atoms with E-state index >= 15 is 0 Å². The number of Topliss-reactive ketones (excluding diaryl/α,β-unsaturated/α-hetero) is 1. The lowest BCUT2D eigenvalue weighted by atomic mass is 9.80. The number of likely N-dealkylation sites (tertiary alicyclic amines) is 1. The number of allylic oxidation sites excluding steroid dienone is 1. The Balaban J connectivity index is 1.29. The molecule has 5 rings (SSSR count). The maximum Gasteiger partial charge on any atom is 0.456 e. The highest BCUT2D eigenvalue weighted by Crippen LogP contribution is 2.42.